The lowest BCUT2D eigenvalue weighted by Gasteiger charge is -2.47. The molecular weight excluding hydrogens is 250 g/mol. The van der Waals surface area contributed by atoms with E-state index in [1.165, 1.54) is 25.7 Å². The van der Waals surface area contributed by atoms with Crippen molar-refractivity contribution in [2.75, 3.05) is 26.2 Å². The van der Waals surface area contributed by atoms with Crippen LogP contribution in [-0.2, 0) is 4.79 Å². The van der Waals surface area contributed by atoms with E-state index in [0.717, 1.165) is 32.1 Å². The maximum absolute atomic E-state index is 12.3. The largest absolute Gasteiger partial charge is 0.355 e. The second kappa shape index (κ2) is 7.41. The van der Waals surface area contributed by atoms with Crippen molar-refractivity contribution in [2.24, 2.45) is 11.8 Å². The van der Waals surface area contributed by atoms with Crippen LogP contribution in [0, 0.1) is 11.8 Å². The first-order valence-corrected chi connectivity index (χ1v) is 8.39. The molecule has 4 nitrogen and oxygen atoms in total. The highest BCUT2D eigenvalue weighted by Crippen LogP contribution is 2.34. The van der Waals surface area contributed by atoms with E-state index in [-0.39, 0.29) is 11.9 Å². The van der Waals surface area contributed by atoms with Crippen molar-refractivity contribution in [1.29, 1.82) is 0 Å². The maximum Gasteiger partial charge on any atom is 0.238 e. The van der Waals surface area contributed by atoms with Crippen LogP contribution in [0.5, 0.6) is 0 Å². The fourth-order valence-electron chi connectivity index (χ4n) is 3.98. The highest BCUT2D eigenvalue weighted by Gasteiger charge is 2.38. The molecule has 0 aromatic rings. The third-order valence-electron chi connectivity index (χ3n) is 5.00. The van der Waals surface area contributed by atoms with Crippen LogP contribution >= 0.6 is 0 Å². The Morgan fingerprint density at radius 3 is 2.80 bits per heavy atom. The summed E-state index contributed by atoms with van der Waals surface area (Å²) >= 11 is 0. The molecule has 1 aliphatic carbocycles. The number of piperazine rings is 1. The number of nitrogens with one attached hydrogen (secondary N) is 2. The average molecular weight is 281 g/mol. The lowest BCUT2D eigenvalue weighted by molar-refractivity contribution is -0.129. The minimum Gasteiger partial charge on any atom is -0.355 e. The summed E-state index contributed by atoms with van der Waals surface area (Å²) in [5.74, 6) is 1.66. The molecule has 3 atom stereocenters. The molecule has 1 saturated heterocycles. The van der Waals surface area contributed by atoms with Gasteiger partial charge in [-0.1, -0.05) is 26.7 Å². The van der Waals surface area contributed by atoms with Crippen LogP contribution in [0.1, 0.15) is 46.5 Å². The number of nitrogens with zero attached hydrogens (tertiary/aromatic N) is 1. The average Bonchev–Trinajstić information content (AvgIpc) is 2.47. The van der Waals surface area contributed by atoms with Gasteiger partial charge in [0, 0.05) is 32.2 Å². The van der Waals surface area contributed by atoms with E-state index < -0.39 is 0 Å². The molecule has 1 amide bonds. The Hall–Kier alpha value is -0.610. The lowest BCUT2D eigenvalue weighted by Crippen LogP contribution is -2.62. The molecule has 0 spiro atoms. The van der Waals surface area contributed by atoms with Crippen molar-refractivity contribution in [3.05, 3.63) is 0 Å². The minimum absolute atomic E-state index is 0.0213. The van der Waals surface area contributed by atoms with Crippen LogP contribution in [-0.4, -0.2) is 49.1 Å². The quantitative estimate of drug-likeness (QED) is 0.823. The third kappa shape index (κ3) is 3.53. The number of rotatable bonds is 4. The van der Waals surface area contributed by atoms with Gasteiger partial charge < -0.3 is 10.6 Å². The SMILES string of the molecule is CCNC(=O)C1CNCCN1C1CCCCC1C(C)C. The molecule has 1 aliphatic heterocycles. The maximum atomic E-state index is 12.3. The highest BCUT2D eigenvalue weighted by molar-refractivity contribution is 5.82. The number of carbonyl (C=O) groups excluding carboxylic acids is 1. The molecular formula is C16H31N3O. The predicted molar refractivity (Wildman–Crippen MR) is 82.6 cm³/mol. The Kier molecular flexibility index (Phi) is 5.85. The third-order valence-corrected chi connectivity index (χ3v) is 5.00. The zero-order valence-electron chi connectivity index (χ0n) is 13.3. The summed E-state index contributed by atoms with van der Waals surface area (Å²) in [6, 6.07) is 0.617. The van der Waals surface area contributed by atoms with E-state index in [2.05, 4.69) is 29.4 Å². The van der Waals surface area contributed by atoms with Crippen LogP contribution < -0.4 is 10.6 Å². The first kappa shape index (κ1) is 15.8. The lowest BCUT2D eigenvalue weighted by atomic mass is 9.76. The zero-order valence-corrected chi connectivity index (χ0v) is 13.3. The van der Waals surface area contributed by atoms with Gasteiger partial charge in [0.15, 0.2) is 0 Å². The molecule has 20 heavy (non-hydrogen) atoms. The molecule has 0 bridgehead atoms. The summed E-state index contributed by atoms with van der Waals surface area (Å²) in [5, 5.41) is 6.39. The molecule has 4 heteroatoms. The number of amides is 1. The molecule has 0 aromatic heterocycles. The molecule has 1 heterocycles. The van der Waals surface area contributed by atoms with E-state index in [4.69, 9.17) is 0 Å². The van der Waals surface area contributed by atoms with Crippen LogP contribution in [0.2, 0.25) is 0 Å². The molecule has 2 N–H and O–H groups in total. The van der Waals surface area contributed by atoms with Crippen LogP contribution in [0.15, 0.2) is 0 Å². The van der Waals surface area contributed by atoms with E-state index in [1.54, 1.807) is 0 Å². The van der Waals surface area contributed by atoms with Crippen LogP contribution in [0.25, 0.3) is 0 Å². The van der Waals surface area contributed by atoms with Gasteiger partial charge in [0.1, 0.15) is 6.04 Å². The zero-order chi connectivity index (χ0) is 14.5. The Bertz CT molecular complexity index is 319. The van der Waals surface area contributed by atoms with Gasteiger partial charge in [-0.15, -0.1) is 0 Å². The Labute approximate surface area is 123 Å². The van der Waals surface area contributed by atoms with E-state index in [9.17, 15) is 4.79 Å². The normalized spacial score (nSPS) is 32.3. The number of carbonyl (C=O) groups is 1. The predicted octanol–water partition coefficient (Wildman–Crippen LogP) is 1.61. The van der Waals surface area contributed by atoms with E-state index >= 15 is 0 Å². The van der Waals surface area contributed by atoms with E-state index in [1.807, 2.05) is 6.92 Å². The first-order valence-electron chi connectivity index (χ1n) is 8.39. The monoisotopic (exact) mass is 281 g/mol. The number of likely N-dealkylation sites (N-methyl/N-ethyl adjacent to an activating group) is 1. The molecule has 116 valence electrons. The minimum atomic E-state index is 0.0213. The highest BCUT2D eigenvalue weighted by atomic mass is 16.2. The van der Waals surface area contributed by atoms with Crippen molar-refractivity contribution >= 4 is 5.91 Å². The smallest absolute Gasteiger partial charge is 0.238 e. The summed E-state index contributed by atoms with van der Waals surface area (Å²) in [6.45, 7) is 10.2. The summed E-state index contributed by atoms with van der Waals surface area (Å²) in [6.07, 6.45) is 5.27. The van der Waals surface area contributed by atoms with Crippen molar-refractivity contribution in [2.45, 2.75) is 58.5 Å². The molecule has 0 radical (unpaired) electrons. The second-order valence-electron chi connectivity index (χ2n) is 6.61. The fraction of sp³-hybridized carbons (Fsp3) is 0.938. The van der Waals surface area contributed by atoms with Gasteiger partial charge in [-0.25, -0.2) is 0 Å². The van der Waals surface area contributed by atoms with Crippen molar-refractivity contribution in [1.82, 2.24) is 15.5 Å². The van der Waals surface area contributed by atoms with Gasteiger partial charge in [-0.3, -0.25) is 9.69 Å². The van der Waals surface area contributed by atoms with Crippen molar-refractivity contribution < 1.29 is 4.79 Å². The summed E-state index contributed by atoms with van der Waals surface area (Å²) in [5.41, 5.74) is 0. The molecule has 2 fully saturated rings. The van der Waals surface area contributed by atoms with Gasteiger partial charge in [0.25, 0.3) is 0 Å². The number of hydrogen-bond acceptors (Lipinski definition) is 3. The van der Waals surface area contributed by atoms with Gasteiger partial charge in [-0.2, -0.15) is 0 Å². The fourth-order valence-corrected chi connectivity index (χ4v) is 3.98. The van der Waals surface area contributed by atoms with Gasteiger partial charge in [0.2, 0.25) is 5.91 Å². The summed E-state index contributed by atoms with van der Waals surface area (Å²) in [7, 11) is 0. The first-order chi connectivity index (χ1) is 9.65. The molecule has 2 aliphatic rings. The molecule has 3 unspecified atom stereocenters. The second-order valence-corrected chi connectivity index (χ2v) is 6.61. The van der Waals surface area contributed by atoms with Gasteiger partial charge in [-0.05, 0) is 31.6 Å². The number of hydrogen-bond donors (Lipinski definition) is 2. The molecule has 1 saturated carbocycles. The van der Waals surface area contributed by atoms with Crippen molar-refractivity contribution in [3.8, 4) is 0 Å². The van der Waals surface area contributed by atoms with Crippen LogP contribution in [0.4, 0.5) is 0 Å². The van der Waals surface area contributed by atoms with Gasteiger partial charge >= 0.3 is 0 Å². The van der Waals surface area contributed by atoms with Crippen molar-refractivity contribution in [3.63, 3.8) is 0 Å². The topological polar surface area (TPSA) is 44.4 Å². The molecule has 2 rings (SSSR count). The standard InChI is InChI=1S/C16H31N3O/c1-4-18-16(20)15-11-17-9-10-19(15)14-8-6-5-7-13(14)12(2)3/h12-15,17H,4-11H2,1-3H3,(H,18,20). The van der Waals surface area contributed by atoms with Gasteiger partial charge in [0.05, 0.1) is 0 Å². The Morgan fingerprint density at radius 1 is 1.35 bits per heavy atom. The Morgan fingerprint density at radius 2 is 2.10 bits per heavy atom. The Balaban J connectivity index is 2.11. The summed E-state index contributed by atoms with van der Waals surface area (Å²) < 4.78 is 0. The molecule has 0 aromatic carbocycles. The van der Waals surface area contributed by atoms with Crippen LogP contribution in [0.3, 0.4) is 0 Å². The van der Waals surface area contributed by atoms with E-state index in [0.29, 0.717) is 12.0 Å². The summed E-state index contributed by atoms with van der Waals surface area (Å²) in [4.78, 5) is 14.8.